The lowest BCUT2D eigenvalue weighted by Crippen LogP contribution is -1.91. The monoisotopic (exact) mass is 316 g/mol. The van der Waals surface area contributed by atoms with Crippen molar-refractivity contribution in [3.63, 3.8) is 0 Å². The molecule has 1 N–H and O–H groups in total. The molecular weight excluding hydrogens is 304 g/mol. The molecule has 3 heteroatoms. The molecule has 0 unspecified atom stereocenters. The van der Waals surface area contributed by atoms with Gasteiger partial charge in [0.15, 0.2) is 0 Å². The molecule has 3 heterocycles. The first kappa shape index (κ1) is 12.8. The fraction of sp³-hybridized carbons (Fsp3) is 0. The Morgan fingerprint density at radius 2 is 1.35 bits per heavy atom. The third-order valence-corrected chi connectivity index (χ3v) is 4.74. The highest BCUT2D eigenvalue weighted by atomic mass is 35.5. The van der Waals surface area contributed by atoms with Crippen LogP contribution in [0.4, 0.5) is 11.4 Å². The summed E-state index contributed by atoms with van der Waals surface area (Å²) < 4.78 is 2.31. The van der Waals surface area contributed by atoms with Crippen molar-refractivity contribution in [1.82, 2.24) is 4.40 Å². The molecule has 0 aliphatic carbocycles. The largest absolute Gasteiger partial charge is 0.353 e. The second kappa shape index (κ2) is 4.64. The van der Waals surface area contributed by atoms with Crippen LogP contribution in [0.1, 0.15) is 0 Å². The molecule has 0 saturated carbocycles. The minimum atomic E-state index is 0.724. The first-order chi connectivity index (χ1) is 11.3. The molecule has 3 aromatic heterocycles. The number of pyridine rings is 1. The molecule has 0 aliphatic heterocycles. The molecule has 0 atom stereocenters. The van der Waals surface area contributed by atoms with E-state index >= 15 is 0 Å². The van der Waals surface area contributed by atoms with Crippen molar-refractivity contribution < 1.29 is 0 Å². The van der Waals surface area contributed by atoms with E-state index in [2.05, 4.69) is 58.2 Å². The van der Waals surface area contributed by atoms with Gasteiger partial charge in [-0.25, -0.2) is 0 Å². The predicted octanol–water partition coefficient (Wildman–Crippen LogP) is 6.08. The van der Waals surface area contributed by atoms with Gasteiger partial charge in [0.25, 0.3) is 0 Å². The Bertz CT molecular complexity index is 1160. The molecule has 0 spiro atoms. The summed E-state index contributed by atoms with van der Waals surface area (Å²) in [6, 6.07) is 25.0. The number of hydrogen-bond acceptors (Lipinski definition) is 1. The Kier molecular flexibility index (Phi) is 2.58. The number of fused-ring (bicyclic) bond motifs is 3. The van der Waals surface area contributed by atoms with Gasteiger partial charge in [-0.2, -0.15) is 0 Å². The van der Waals surface area contributed by atoms with Crippen LogP contribution in [0.25, 0.3) is 27.3 Å². The van der Waals surface area contributed by atoms with Gasteiger partial charge in [-0.1, -0.05) is 54.1 Å². The Morgan fingerprint density at radius 1 is 0.652 bits per heavy atom. The Hall–Kier alpha value is -2.71. The Balaban J connectivity index is 1.81. The minimum absolute atomic E-state index is 0.724. The summed E-state index contributed by atoms with van der Waals surface area (Å²) in [6.07, 6.45) is 0. The molecule has 0 saturated heterocycles. The highest BCUT2D eigenvalue weighted by Crippen LogP contribution is 2.37. The van der Waals surface area contributed by atoms with E-state index in [0.29, 0.717) is 0 Å². The van der Waals surface area contributed by atoms with E-state index in [4.69, 9.17) is 11.6 Å². The van der Waals surface area contributed by atoms with Crippen molar-refractivity contribution in [2.24, 2.45) is 0 Å². The maximum atomic E-state index is 6.29. The van der Waals surface area contributed by atoms with E-state index in [0.717, 1.165) is 21.9 Å². The number of para-hydroxylation sites is 1. The van der Waals surface area contributed by atoms with Crippen molar-refractivity contribution in [1.29, 1.82) is 0 Å². The number of nitrogens with zero attached hydrogens (tertiary/aromatic N) is 1. The average molecular weight is 317 g/mol. The van der Waals surface area contributed by atoms with Gasteiger partial charge < -0.3 is 9.72 Å². The fourth-order valence-corrected chi connectivity index (χ4v) is 3.58. The number of halogens is 1. The normalized spacial score (nSPS) is 11.7. The maximum Gasteiger partial charge on any atom is 0.0698 e. The smallest absolute Gasteiger partial charge is 0.0698 e. The van der Waals surface area contributed by atoms with Crippen LogP contribution in [0.15, 0.2) is 72.8 Å². The molecule has 0 radical (unpaired) electrons. The van der Waals surface area contributed by atoms with Gasteiger partial charge in [-0.3, -0.25) is 0 Å². The first-order valence-corrected chi connectivity index (χ1v) is 7.96. The van der Waals surface area contributed by atoms with Crippen molar-refractivity contribution in [2.45, 2.75) is 0 Å². The minimum Gasteiger partial charge on any atom is -0.353 e. The highest BCUT2D eigenvalue weighted by Gasteiger charge is 2.15. The predicted molar refractivity (Wildman–Crippen MR) is 98.3 cm³/mol. The quantitative estimate of drug-likeness (QED) is 0.417. The summed E-state index contributed by atoms with van der Waals surface area (Å²) in [5.41, 5.74) is 5.62. The van der Waals surface area contributed by atoms with E-state index in [9.17, 15) is 0 Å². The molecular formula is C20H13ClN2. The lowest BCUT2D eigenvalue weighted by atomic mass is 10.1. The van der Waals surface area contributed by atoms with Crippen LogP contribution in [0, 0.1) is 0 Å². The second-order valence-electron chi connectivity index (χ2n) is 5.73. The number of nitrogens with one attached hydrogen (secondary N) is 1. The zero-order valence-corrected chi connectivity index (χ0v) is 13.0. The summed E-state index contributed by atoms with van der Waals surface area (Å²) >= 11 is 6.29. The molecule has 2 nitrogen and oxygen atoms in total. The van der Waals surface area contributed by atoms with Crippen molar-refractivity contribution >= 4 is 50.3 Å². The molecule has 2 aromatic carbocycles. The summed E-state index contributed by atoms with van der Waals surface area (Å²) in [6.45, 7) is 0. The van der Waals surface area contributed by atoms with Crippen LogP contribution >= 0.6 is 11.6 Å². The van der Waals surface area contributed by atoms with E-state index in [1.165, 1.54) is 21.8 Å². The second-order valence-corrected chi connectivity index (χ2v) is 6.13. The fourth-order valence-electron chi connectivity index (χ4n) is 3.40. The summed E-state index contributed by atoms with van der Waals surface area (Å²) in [5.74, 6) is 0. The average Bonchev–Trinajstić information content (AvgIpc) is 3.11. The topological polar surface area (TPSA) is 16.4 Å². The molecule has 5 aromatic rings. The molecule has 110 valence electrons. The van der Waals surface area contributed by atoms with Crippen LogP contribution in [-0.4, -0.2) is 4.40 Å². The van der Waals surface area contributed by atoms with Gasteiger partial charge in [0.1, 0.15) is 0 Å². The van der Waals surface area contributed by atoms with Crippen LogP contribution in [0.2, 0.25) is 5.02 Å². The van der Waals surface area contributed by atoms with Crippen molar-refractivity contribution in [3.8, 4) is 0 Å². The lowest BCUT2D eigenvalue weighted by Gasteiger charge is -2.07. The first-order valence-electron chi connectivity index (χ1n) is 7.59. The highest BCUT2D eigenvalue weighted by molar-refractivity contribution is 6.33. The van der Waals surface area contributed by atoms with E-state index < -0.39 is 0 Å². The number of aromatic nitrogens is 1. The zero-order valence-electron chi connectivity index (χ0n) is 12.3. The third-order valence-electron chi connectivity index (χ3n) is 4.41. The number of anilines is 2. The van der Waals surface area contributed by atoms with E-state index in [1.54, 1.807) is 0 Å². The molecule has 0 bridgehead atoms. The molecule has 0 aliphatic rings. The summed E-state index contributed by atoms with van der Waals surface area (Å²) in [4.78, 5) is 0. The van der Waals surface area contributed by atoms with Gasteiger partial charge in [-0.05, 0) is 30.3 Å². The van der Waals surface area contributed by atoms with Gasteiger partial charge in [0.2, 0.25) is 0 Å². The number of rotatable bonds is 2. The standard InChI is InChI=1S/C20H13ClN2/c21-15-8-3-4-9-16(15)22-17-12-20-14-7-2-1-6-13(14)18-10-5-11-19(17)23(18)20/h1-12,22H. The lowest BCUT2D eigenvalue weighted by molar-refractivity contribution is 1.35. The van der Waals surface area contributed by atoms with Crippen molar-refractivity contribution in [2.75, 3.05) is 5.32 Å². The maximum absolute atomic E-state index is 6.29. The van der Waals surface area contributed by atoms with Gasteiger partial charge in [-0.15, -0.1) is 0 Å². The van der Waals surface area contributed by atoms with Crippen LogP contribution in [0.3, 0.4) is 0 Å². The van der Waals surface area contributed by atoms with Gasteiger partial charge >= 0.3 is 0 Å². The van der Waals surface area contributed by atoms with E-state index in [-0.39, 0.29) is 0 Å². The van der Waals surface area contributed by atoms with Crippen molar-refractivity contribution in [3.05, 3.63) is 77.8 Å². The van der Waals surface area contributed by atoms with Crippen LogP contribution in [-0.2, 0) is 0 Å². The SMILES string of the molecule is Clc1ccccc1Nc1cc2c3ccccc3c3cccc1n32. The number of benzene rings is 2. The van der Waals surface area contributed by atoms with Gasteiger partial charge in [0.05, 0.1) is 32.9 Å². The summed E-state index contributed by atoms with van der Waals surface area (Å²) in [7, 11) is 0. The molecule has 0 amide bonds. The third kappa shape index (κ3) is 1.76. The Labute approximate surface area is 138 Å². The zero-order chi connectivity index (χ0) is 15.4. The number of hydrogen-bond donors (Lipinski definition) is 1. The van der Waals surface area contributed by atoms with Crippen LogP contribution in [0.5, 0.6) is 0 Å². The molecule has 5 rings (SSSR count). The molecule has 0 fully saturated rings. The van der Waals surface area contributed by atoms with Gasteiger partial charge in [0, 0.05) is 10.8 Å². The summed E-state index contributed by atoms with van der Waals surface area (Å²) in [5, 5.41) is 6.76. The van der Waals surface area contributed by atoms with Crippen LogP contribution < -0.4 is 5.32 Å². The van der Waals surface area contributed by atoms with E-state index in [1.807, 2.05) is 24.3 Å². The Morgan fingerprint density at radius 3 is 2.17 bits per heavy atom. The molecule has 23 heavy (non-hydrogen) atoms.